The molecule has 0 unspecified atom stereocenters. The number of halogens is 2. The molecule has 0 bridgehead atoms. The number of anilines is 1. The maximum absolute atomic E-state index is 12.3. The summed E-state index contributed by atoms with van der Waals surface area (Å²) in [5, 5.41) is 2.99. The first-order chi connectivity index (χ1) is 9.38. The van der Waals surface area contributed by atoms with Gasteiger partial charge in [0.25, 0.3) is 5.91 Å². The Hall–Kier alpha value is -0.390. The van der Waals surface area contributed by atoms with Gasteiger partial charge in [-0.1, -0.05) is 15.9 Å². The van der Waals surface area contributed by atoms with Crippen molar-refractivity contribution in [1.29, 1.82) is 0 Å². The van der Waals surface area contributed by atoms with Gasteiger partial charge in [-0.15, -0.1) is 0 Å². The first-order valence-corrected chi connectivity index (χ1v) is 8.55. The van der Waals surface area contributed by atoms with Gasteiger partial charge < -0.3 is 9.80 Å². The third-order valence-corrected chi connectivity index (χ3v) is 5.22. The van der Waals surface area contributed by atoms with Crippen LogP contribution >= 0.6 is 31.9 Å². The van der Waals surface area contributed by atoms with Gasteiger partial charge in [0.05, 0.1) is 25.8 Å². The van der Waals surface area contributed by atoms with Crippen molar-refractivity contribution in [1.82, 2.24) is 0 Å². The number of nitrogens with zero attached hydrogens (tertiary/aromatic N) is 1. The van der Waals surface area contributed by atoms with Crippen LogP contribution in [-0.4, -0.2) is 37.1 Å². The minimum Gasteiger partial charge on any atom is -0.320 e. The lowest BCUT2D eigenvalue weighted by atomic mass is 10.2. The molecule has 0 saturated heterocycles. The van der Waals surface area contributed by atoms with E-state index in [0.29, 0.717) is 12.6 Å². The van der Waals surface area contributed by atoms with E-state index in [9.17, 15) is 4.79 Å². The molecule has 1 aromatic rings. The van der Waals surface area contributed by atoms with Gasteiger partial charge in [-0.2, -0.15) is 0 Å². The highest BCUT2D eigenvalue weighted by Gasteiger charge is 2.33. The van der Waals surface area contributed by atoms with E-state index in [1.54, 1.807) is 0 Å². The summed E-state index contributed by atoms with van der Waals surface area (Å²) in [5.41, 5.74) is 0.824. The van der Waals surface area contributed by atoms with Gasteiger partial charge in [0, 0.05) is 8.95 Å². The van der Waals surface area contributed by atoms with Crippen LogP contribution in [0.3, 0.4) is 0 Å². The topological polar surface area (TPSA) is 29.1 Å². The van der Waals surface area contributed by atoms with Crippen LogP contribution in [-0.2, 0) is 4.79 Å². The first kappa shape index (κ1) is 16.0. The number of amides is 1. The average Bonchev–Trinajstić information content (AvgIpc) is 2.86. The SMILES string of the molecule is C[N+](C)(CC(=O)Nc1ccc(Br)cc1Br)C1CCCC1. The summed E-state index contributed by atoms with van der Waals surface area (Å²) in [4.78, 5) is 12.3. The number of carbonyl (C=O) groups is 1. The van der Waals surface area contributed by atoms with E-state index < -0.39 is 0 Å². The number of nitrogens with one attached hydrogen (secondary N) is 1. The van der Waals surface area contributed by atoms with Crippen LogP contribution in [0.1, 0.15) is 25.7 Å². The Labute approximate surface area is 137 Å². The lowest BCUT2D eigenvalue weighted by molar-refractivity contribution is -0.906. The summed E-state index contributed by atoms with van der Waals surface area (Å²) in [6.07, 6.45) is 5.07. The highest BCUT2D eigenvalue weighted by atomic mass is 79.9. The number of hydrogen-bond donors (Lipinski definition) is 1. The number of hydrogen-bond acceptors (Lipinski definition) is 1. The van der Waals surface area contributed by atoms with Gasteiger partial charge >= 0.3 is 0 Å². The molecule has 2 rings (SSSR count). The van der Waals surface area contributed by atoms with E-state index in [1.165, 1.54) is 25.7 Å². The Morgan fingerprint density at radius 2 is 1.95 bits per heavy atom. The van der Waals surface area contributed by atoms with Gasteiger partial charge in [-0.25, -0.2) is 0 Å². The molecule has 5 heteroatoms. The number of quaternary nitrogens is 1. The molecule has 110 valence electrons. The second kappa shape index (κ2) is 6.58. The summed E-state index contributed by atoms with van der Waals surface area (Å²) in [7, 11) is 4.32. The van der Waals surface area contributed by atoms with Gasteiger partial charge in [0.2, 0.25) is 0 Å². The van der Waals surface area contributed by atoms with Crippen LogP contribution in [0.4, 0.5) is 5.69 Å². The fourth-order valence-corrected chi connectivity index (χ4v) is 4.03. The number of rotatable bonds is 4. The smallest absolute Gasteiger partial charge is 0.279 e. The van der Waals surface area contributed by atoms with E-state index >= 15 is 0 Å². The van der Waals surface area contributed by atoms with E-state index in [2.05, 4.69) is 51.3 Å². The van der Waals surface area contributed by atoms with Crippen molar-refractivity contribution >= 4 is 43.5 Å². The fourth-order valence-electron chi connectivity index (χ4n) is 2.88. The van der Waals surface area contributed by atoms with Crippen molar-refractivity contribution in [2.45, 2.75) is 31.7 Å². The first-order valence-electron chi connectivity index (χ1n) is 6.96. The van der Waals surface area contributed by atoms with E-state index in [4.69, 9.17) is 0 Å². The predicted molar refractivity (Wildman–Crippen MR) is 89.7 cm³/mol. The van der Waals surface area contributed by atoms with Gasteiger partial charge in [-0.05, 0) is 59.8 Å². The number of carbonyl (C=O) groups excluding carboxylic acids is 1. The number of benzene rings is 1. The standard InChI is InChI=1S/C15H20Br2N2O/c1-19(2,12-5-3-4-6-12)10-15(20)18-14-8-7-11(16)9-13(14)17/h7-9,12H,3-6,10H2,1-2H3/p+1. The largest absolute Gasteiger partial charge is 0.320 e. The molecule has 0 heterocycles. The van der Waals surface area contributed by atoms with Crippen LogP contribution in [0.5, 0.6) is 0 Å². The molecule has 1 amide bonds. The highest BCUT2D eigenvalue weighted by molar-refractivity contribution is 9.11. The molecule has 1 aliphatic rings. The second-order valence-corrected chi connectivity index (χ2v) is 7.82. The lowest BCUT2D eigenvalue weighted by Crippen LogP contribution is -2.51. The van der Waals surface area contributed by atoms with Crippen LogP contribution < -0.4 is 5.32 Å². The summed E-state index contributed by atoms with van der Waals surface area (Å²) in [6.45, 7) is 0.521. The monoisotopic (exact) mass is 403 g/mol. The van der Waals surface area contributed by atoms with Gasteiger partial charge in [0.1, 0.15) is 0 Å². The molecular weight excluding hydrogens is 384 g/mol. The van der Waals surface area contributed by atoms with E-state index in [-0.39, 0.29) is 5.91 Å². The molecule has 1 N–H and O–H groups in total. The average molecular weight is 405 g/mol. The van der Waals surface area contributed by atoms with Crippen molar-refractivity contribution in [2.24, 2.45) is 0 Å². The lowest BCUT2D eigenvalue weighted by Gasteiger charge is -2.35. The normalized spacial score (nSPS) is 16.4. The molecule has 20 heavy (non-hydrogen) atoms. The maximum atomic E-state index is 12.3. The van der Waals surface area contributed by atoms with Crippen molar-refractivity contribution in [2.75, 3.05) is 26.0 Å². The molecule has 0 aromatic heterocycles. The molecule has 0 spiro atoms. The fraction of sp³-hybridized carbons (Fsp3) is 0.533. The number of likely N-dealkylation sites (N-methyl/N-ethyl adjacent to an activating group) is 1. The zero-order valence-electron chi connectivity index (χ0n) is 12.0. The molecular formula is C15H21Br2N2O+. The summed E-state index contributed by atoms with van der Waals surface area (Å²) in [6, 6.07) is 6.39. The zero-order valence-corrected chi connectivity index (χ0v) is 15.1. The van der Waals surface area contributed by atoms with Crippen molar-refractivity contribution in [3.05, 3.63) is 27.1 Å². The predicted octanol–water partition coefficient (Wildman–Crippen LogP) is 4.17. The second-order valence-electron chi connectivity index (χ2n) is 6.05. The molecule has 1 aromatic carbocycles. The molecule has 0 atom stereocenters. The zero-order chi connectivity index (χ0) is 14.8. The van der Waals surface area contributed by atoms with Crippen LogP contribution in [0.15, 0.2) is 27.1 Å². The minimum absolute atomic E-state index is 0.0740. The molecule has 1 fully saturated rings. The summed E-state index contributed by atoms with van der Waals surface area (Å²) < 4.78 is 2.66. The molecule has 0 radical (unpaired) electrons. The van der Waals surface area contributed by atoms with E-state index in [1.807, 2.05) is 18.2 Å². The van der Waals surface area contributed by atoms with Crippen LogP contribution in [0.25, 0.3) is 0 Å². The van der Waals surface area contributed by atoms with E-state index in [0.717, 1.165) is 19.1 Å². The Bertz CT molecular complexity index is 497. The molecule has 1 aliphatic carbocycles. The summed E-state index contributed by atoms with van der Waals surface area (Å²) in [5.74, 6) is 0.0740. The molecule has 1 saturated carbocycles. The Morgan fingerprint density at radius 3 is 2.55 bits per heavy atom. The minimum atomic E-state index is 0.0740. The Kier molecular flexibility index (Phi) is 5.26. The van der Waals surface area contributed by atoms with Gasteiger partial charge in [0.15, 0.2) is 6.54 Å². The Morgan fingerprint density at radius 1 is 1.30 bits per heavy atom. The van der Waals surface area contributed by atoms with Crippen molar-refractivity contribution in [3.63, 3.8) is 0 Å². The van der Waals surface area contributed by atoms with Crippen molar-refractivity contribution < 1.29 is 9.28 Å². The van der Waals surface area contributed by atoms with Crippen LogP contribution in [0, 0.1) is 0 Å². The van der Waals surface area contributed by atoms with Gasteiger partial charge in [-0.3, -0.25) is 4.79 Å². The maximum Gasteiger partial charge on any atom is 0.279 e. The third-order valence-electron chi connectivity index (χ3n) is 4.07. The summed E-state index contributed by atoms with van der Waals surface area (Å²) >= 11 is 6.88. The molecule has 0 aliphatic heterocycles. The van der Waals surface area contributed by atoms with Crippen molar-refractivity contribution in [3.8, 4) is 0 Å². The highest BCUT2D eigenvalue weighted by Crippen LogP contribution is 2.28. The Balaban J connectivity index is 1.98. The van der Waals surface area contributed by atoms with Crippen LogP contribution in [0.2, 0.25) is 0 Å². The third kappa shape index (κ3) is 4.06. The quantitative estimate of drug-likeness (QED) is 0.749. The molecule has 3 nitrogen and oxygen atoms in total.